The van der Waals surface area contributed by atoms with Gasteiger partial charge in [-0.1, -0.05) is 47.6 Å². The van der Waals surface area contributed by atoms with E-state index in [1.54, 1.807) is 11.8 Å². The Kier molecular flexibility index (Phi) is 7.01. The van der Waals surface area contributed by atoms with Gasteiger partial charge in [0.05, 0.1) is 16.4 Å². The first-order chi connectivity index (χ1) is 14.7. The van der Waals surface area contributed by atoms with E-state index in [2.05, 4.69) is 31.8 Å². The molecule has 30 heavy (non-hydrogen) atoms. The second-order valence-corrected chi connectivity index (χ2v) is 8.78. The van der Waals surface area contributed by atoms with Crippen LogP contribution in [-0.2, 0) is 6.54 Å². The number of carbonyl (C=O) groups excluding carboxylic acids is 1. The van der Waals surface area contributed by atoms with Gasteiger partial charge in [-0.15, -0.1) is 0 Å². The van der Waals surface area contributed by atoms with Crippen molar-refractivity contribution >= 4 is 40.8 Å². The molecule has 1 unspecified atom stereocenters. The molecule has 5 N–H and O–H groups in total. The molecule has 7 nitrogen and oxygen atoms in total. The van der Waals surface area contributed by atoms with E-state index in [1.807, 2.05) is 36.4 Å². The van der Waals surface area contributed by atoms with E-state index in [1.165, 1.54) is 0 Å². The molecule has 0 spiro atoms. The molecule has 9 heteroatoms. The van der Waals surface area contributed by atoms with Crippen LogP contribution < -0.4 is 26.6 Å². The van der Waals surface area contributed by atoms with Crippen LogP contribution in [0.15, 0.2) is 47.4 Å². The molecular weight excluding hydrogens is 420 g/mol. The third-order valence-electron chi connectivity index (χ3n) is 5.31. The first kappa shape index (κ1) is 21.3. The Balaban J connectivity index is 1.47. The highest BCUT2D eigenvalue weighted by atomic mass is 35.5. The van der Waals surface area contributed by atoms with Gasteiger partial charge in [0.25, 0.3) is 0 Å². The molecule has 0 radical (unpaired) electrons. The van der Waals surface area contributed by atoms with E-state index >= 15 is 0 Å². The summed E-state index contributed by atoms with van der Waals surface area (Å²) < 4.78 is 0. The van der Waals surface area contributed by atoms with Gasteiger partial charge in [0.15, 0.2) is 5.50 Å². The quantitative estimate of drug-likeness (QED) is 0.545. The Labute approximate surface area is 186 Å². The number of halogens is 1. The molecule has 2 aliphatic heterocycles. The maximum Gasteiger partial charge on any atom is 0.317 e. The number of anilines is 2. The lowest BCUT2D eigenvalue weighted by Gasteiger charge is -2.30. The topological polar surface area (TPSA) is 85.7 Å². The zero-order valence-electron chi connectivity index (χ0n) is 16.7. The Hall–Kier alpha value is -1.97. The van der Waals surface area contributed by atoms with Crippen LogP contribution in [0.4, 0.5) is 16.2 Å². The molecule has 160 valence electrons. The average Bonchev–Trinajstić information content (AvgIpc) is 3.11. The van der Waals surface area contributed by atoms with Crippen molar-refractivity contribution in [3.05, 3.63) is 53.1 Å². The Morgan fingerprint density at radius 2 is 2.00 bits per heavy atom. The predicted octanol–water partition coefficient (Wildman–Crippen LogP) is 2.53. The molecule has 0 aliphatic carbocycles. The molecule has 0 bridgehead atoms. The van der Waals surface area contributed by atoms with Crippen LogP contribution in [0.25, 0.3) is 0 Å². The largest absolute Gasteiger partial charge is 0.337 e. The van der Waals surface area contributed by atoms with Gasteiger partial charge in [-0.25, -0.2) is 4.79 Å². The van der Waals surface area contributed by atoms with Gasteiger partial charge in [0.2, 0.25) is 0 Å². The number of thioether (sulfide) groups is 1. The first-order valence-electron chi connectivity index (χ1n) is 10.2. The second kappa shape index (κ2) is 9.89. The van der Waals surface area contributed by atoms with E-state index in [9.17, 15) is 4.79 Å². The molecule has 1 saturated heterocycles. The van der Waals surface area contributed by atoms with Crippen LogP contribution in [0.5, 0.6) is 0 Å². The van der Waals surface area contributed by atoms with Crippen LogP contribution in [0.2, 0.25) is 5.02 Å². The average molecular weight is 447 g/mol. The van der Waals surface area contributed by atoms with E-state index in [0.717, 1.165) is 54.6 Å². The van der Waals surface area contributed by atoms with Crippen molar-refractivity contribution in [1.29, 1.82) is 0 Å². The summed E-state index contributed by atoms with van der Waals surface area (Å²) in [5, 5.41) is 10.0. The van der Waals surface area contributed by atoms with E-state index < -0.39 is 0 Å². The van der Waals surface area contributed by atoms with Gasteiger partial charge in [-0.2, -0.15) is 0 Å². The zero-order chi connectivity index (χ0) is 20.9. The minimum Gasteiger partial charge on any atom is -0.337 e. The van der Waals surface area contributed by atoms with Gasteiger partial charge >= 0.3 is 6.03 Å². The molecule has 2 aliphatic rings. The van der Waals surface area contributed by atoms with Crippen LogP contribution in [0.1, 0.15) is 5.56 Å². The van der Waals surface area contributed by atoms with Crippen LogP contribution in [0.3, 0.4) is 0 Å². The number of amides is 2. The Morgan fingerprint density at radius 3 is 2.80 bits per heavy atom. The number of hydrogen-bond donors (Lipinski definition) is 4. The Morgan fingerprint density at radius 1 is 1.20 bits per heavy atom. The number of carbonyl (C=O) groups is 1. The molecular formula is C21H27ClN6OS. The summed E-state index contributed by atoms with van der Waals surface area (Å²) >= 11 is 8.17. The van der Waals surface area contributed by atoms with Crippen molar-refractivity contribution < 1.29 is 4.79 Å². The number of urea groups is 1. The maximum absolute atomic E-state index is 12.7. The summed E-state index contributed by atoms with van der Waals surface area (Å²) in [6.07, 6.45) is 0. The summed E-state index contributed by atoms with van der Waals surface area (Å²) in [4.78, 5) is 18.2. The zero-order valence-corrected chi connectivity index (χ0v) is 18.3. The van der Waals surface area contributed by atoms with Crippen LogP contribution >= 0.6 is 23.4 Å². The number of nitrogens with two attached hydrogens (primary N) is 1. The molecule has 0 saturated carbocycles. The first-order valence-corrected chi connectivity index (χ1v) is 11.4. The number of fused-ring (bicyclic) bond motifs is 1. The fourth-order valence-electron chi connectivity index (χ4n) is 3.81. The number of piperazine rings is 1. The highest BCUT2D eigenvalue weighted by molar-refractivity contribution is 8.00. The van der Waals surface area contributed by atoms with Crippen LogP contribution in [-0.4, -0.2) is 55.7 Å². The lowest BCUT2D eigenvalue weighted by atomic mass is 10.1. The van der Waals surface area contributed by atoms with Gasteiger partial charge in [-0.3, -0.25) is 4.90 Å². The highest BCUT2D eigenvalue weighted by Crippen LogP contribution is 2.49. The summed E-state index contributed by atoms with van der Waals surface area (Å²) in [6.45, 7) is 5.84. The second-order valence-electron chi connectivity index (χ2n) is 7.25. The van der Waals surface area contributed by atoms with Crippen molar-refractivity contribution in [3.63, 3.8) is 0 Å². The smallest absolute Gasteiger partial charge is 0.317 e. The fourth-order valence-corrected chi connectivity index (χ4v) is 5.27. The lowest BCUT2D eigenvalue weighted by Crippen LogP contribution is -2.50. The third kappa shape index (κ3) is 4.68. The Bertz CT molecular complexity index is 892. The molecule has 0 aromatic heterocycles. The molecule has 2 heterocycles. The summed E-state index contributed by atoms with van der Waals surface area (Å²) in [5.41, 5.74) is 8.46. The lowest BCUT2D eigenvalue weighted by molar-refractivity contribution is 0.226. The minimum absolute atomic E-state index is 0.193. The molecule has 1 atom stereocenters. The minimum atomic E-state index is -0.313. The van der Waals surface area contributed by atoms with Crippen molar-refractivity contribution in [2.45, 2.75) is 16.9 Å². The standard InChI is InChI=1S/C21H27ClN6OS/c22-16-5-3-4-15(14-23)19(16)28-17-6-1-2-7-18(17)30-21(28)26-20(29)25-10-13-27-11-8-24-9-12-27/h1-7,21,24H,8-14,23H2,(H2,25,26,29). The fraction of sp³-hybridized carbons (Fsp3) is 0.381. The molecule has 2 amide bonds. The molecule has 2 aromatic rings. The SMILES string of the molecule is NCc1cccc(Cl)c1N1c2ccccc2SC1NC(=O)NCCN1CCNCC1. The van der Waals surface area contributed by atoms with E-state index in [-0.39, 0.29) is 11.5 Å². The molecule has 2 aromatic carbocycles. The van der Waals surface area contributed by atoms with Gasteiger partial charge < -0.3 is 26.6 Å². The number of nitrogens with one attached hydrogen (secondary N) is 3. The van der Waals surface area contributed by atoms with Crippen molar-refractivity contribution in [2.75, 3.05) is 44.2 Å². The summed E-state index contributed by atoms with van der Waals surface area (Å²) in [7, 11) is 0. The summed E-state index contributed by atoms with van der Waals surface area (Å²) in [6, 6.07) is 13.6. The number of benzene rings is 2. The van der Waals surface area contributed by atoms with E-state index in [4.69, 9.17) is 17.3 Å². The van der Waals surface area contributed by atoms with Gasteiger partial charge in [0, 0.05) is 50.7 Å². The van der Waals surface area contributed by atoms with Crippen LogP contribution in [0, 0.1) is 0 Å². The van der Waals surface area contributed by atoms with E-state index in [0.29, 0.717) is 18.1 Å². The normalized spacial score (nSPS) is 18.9. The number of nitrogens with zero attached hydrogens (tertiary/aromatic N) is 2. The number of rotatable bonds is 6. The van der Waals surface area contributed by atoms with Crippen molar-refractivity contribution in [3.8, 4) is 0 Å². The predicted molar refractivity (Wildman–Crippen MR) is 123 cm³/mol. The number of para-hydroxylation sites is 2. The summed E-state index contributed by atoms with van der Waals surface area (Å²) in [5.74, 6) is 0. The monoisotopic (exact) mass is 446 g/mol. The third-order valence-corrected chi connectivity index (χ3v) is 6.76. The molecule has 4 rings (SSSR count). The number of hydrogen-bond acceptors (Lipinski definition) is 6. The van der Waals surface area contributed by atoms with Gasteiger partial charge in [0.1, 0.15) is 0 Å². The maximum atomic E-state index is 12.7. The highest BCUT2D eigenvalue weighted by Gasteiger charge is 2.34. The van der Waals surface area contributed by atoms with Crippen molar-refractivity contribution in [2.24, 2.45) is 5.73 Å². The molecule has 1 fully saturated rings. The van der Waals surface area contributed by atoms with Gasteiger partial charge in [-0.05, 0) is 23.8 Å². The van der Waals surface area contributed by atoms with Crippen molar-refractivity contribution in [1.82, 2.24) is 20.9 Å².